The minimum absolute atomic E-state index is 0.788. The number of unbranched alkanes of at least 4 members (excludes halogenated alkanes) is 7. The Balaban J connectivity index is 1.98. The quantitative estimate of drug-likeness (QED) is 0.588. The van der Waals surface area contributed by atoms with Crippen LogP contribution < -0.4 is 5.32 Å². The molecule has 0 aromatic heterocycles. The Morgan fingerprint density at radius 1 is 0.950 bits per heavy atom. The van der Waals surface area contributed by atoms with Crippen LogP contribution in [0.4, 0.5) is 0 Å². The molecule has 0 aliphatic heterocycles. The largest absolute Gasteiger partial charge is 0.313 e. The number of nitrogens with zero attached hydrogens (tertiary/aromatic N) is 1. The van der Waals surface area contributed by atoms with E-state index in [-0.39, 0.29) is 0 Å². The zero-order valence-corrected chi connectivity index (χ0v) is 12.8. The highest BCUT2D eigenvalue weighted by Crippen LogP contribution is 2.09. The first kappa shape index (κ1) is 16.7. The Bertz CT molecular complexity index is 393. The maximum atomic E-state index is 9.00. The van der Waals surface area contributed by atoms with Crippen molar-refractivity contribution in [2.24, 2.45) is 0 Å². The third kappa shape index (κ3) is 7.31. The van der Waals surface area contributed by atoms with Gasteiger partial charge in [0.25, 0.3) is 0 Å². The second-order valence-electron chi connectivity index (χ2n) is 5.42. The topological polar surface area (TPSA) is 35.8 Å². The van der Waals surface area contributed by atoms with Crippen LogP contribution in [0.1, 0.15) is 69.4 Å². The smallest absolute Gasteiger partial charge is 0.0995 e. The molecule has 1 N–H and O–H groups in total. The average molecular weight is 272 g/mol. The molecular formula is C18H28N2. The van der Waals surface area contributed by atoms with Crippen molar-refractivity contribution in [3.8, 4) is 6.07 Å². The van der Waals surface area contributed by atoms with E-state index in [2.05, 4.69) is 18.3 Å². The van der Waals surface area contributed by atoms with Gasteiger partial charge in [0.05, 0.1) is 11.6 Å². The predicted molar refractivity (Wildman–Crippen MR) is 85.5 cm³/mol. The molecule has 1 rings (SSSR count). The van der Waals surface area contributed by atoms with Crippen LogP contribution in [0, 0.1) is 11.3 Å². The number of hydrogen-bond donors (Lipinski definition) is 1. The van der Waals surface area contributed by atoms with E-state index >= 15 is 0 Å². The Morgan fingerprint density at radius 3 is 2.30 bits per heavy atom. The molecule has 0 saturated carbocycles. The number of benzene rings is 1. The lowest BCUT2D eigenvalue weighted by atomic mass is 10.1. The summed E-state index contributed by atoms with van der Waals surface area (Å²) in [6, 6.07) is 10.1. The van der Waals surface area contributed by atoms with E-state index in [1.54, 1.807) is 0 Å². The van der Waals surface area contributed by atoms with E-state index in [4.69, 9.17) is 5.26 Å². The van der Waals surface area contributed by atoms with Crippen molar-refractivity contribution in [3.63, 3.8) is 0 Å². The minimum atomic E-state index is 0.788. The summed E-state index contributed by atoms with van der Waals surface area (Å²) in [6.07, 6.45) is 10.8. The third-order valence-corrected chi connectivity index (χ3v) is 3.66. The molecule has 0 heterocycles. The first-order valence-corrected chi connectivity index (χ1v) is 8.07. The lowest BCUT2D eigenvalue weighted by molar-refractivity contribution is 0.555. The van der Waals surface area contributed by atoms with Gasteiger partial charge in [0.1, 0.15) is 0 Å². The van der Waals surface area contributed by atoms with E-state index in [9.17, 15) is 0 Å². The Morgan fingerprint density at radius 2 is 1.60 bits per heavy atom. The SMILES string of the molecule is CCCCCCCCCCNCc1ccccc1C#N. The fourth-order valence-corrected chi connectivity index (χ4v) is 2.39. The van der Waals surface area contributed by atoms with Gasteiger partial charge in [-0.25, -0.2) is 0 Å². The number of hydrogen-bond acceptors (Lipinski definition) is 2. The number of nitrogens with one attached hydrogen (secondary N) is 1. The average Bonchev–Trinajstić information content (AvgIpc) is 2.49. The first-order chi connectivity index (χ1) is 9.88. The van der Waals surface area contributed by atoms with Crippen LogP contribution in [0.2, 0.25) is 0 Å². The van der Waals surface area contributed by atoms with Crippen molar-refractivity contribution in [2.75, 3.05) is 6.54 Å². The summed E-state index contributed by atoms with van der Waals surface area (Å²) in [4.78, 5) is 0. The molecule has 0 aliphatic carbocycles. The fraction of sp³-hybridized carbons (Fsp3) is 0.611. The Hall–Kier alpha value is -1.33. The van der Waals surface area contributed by atoms with Gasteiger partial charge < -0.3 is 5.32 Å². The van der Waals surface area contributed by atoms with Gasteiger partial charge in [-0.15, -0.1) is 0 Å². The molecule has 2 heteroatoms. The van der Waals surface area contributed by atoms with Gasteiger partial charge in [-0.1, -0.05) is 70.1 Å². The van der Waals surface area contributed by atoms with Gasteiger partial charge in [0.2, 0.25) is 0 Å². The summed E-state index contributed by atoms with van der Waals surface area (Å²) < 4.78 is 0. The van der Waals surface area contributed by atoms with Crippen LogP contribution in [0.25, 0.3) is 0 Å². The molecule has 20 heavy (non-hydrogen) atoms. The molecule has 0 radical (unpaired) electrons. The molecule has 1 aromatic carbocycles. The highest BCUT2D eigenvalue weighted by atomic mass is 14.8. The summed E-state index contributed by atoms with van der Waals surface area (Å²) in [5, 5.41) is 12.4. The van der Waals surface area contributed by atoms with Crippen molar-refractivity contribution in [3.05, 3.63) is 35.4 Å². The standard InChI is InChI=1S/C18H28N2/c1-2-3-4-5-6-7-8-11-14-20-16-18-13-10-9-12-17(18)15-19/h9-10,12-13,20H,2-8,11,14,16H2,1H3. The second kappa shape index (κ2) is 11.5. The molecule has 0 unspecified atom stereocenters. The lowest BCUT2D eigenvalue weighted by Gasteiger charge is -2.06. The van der Waals surface area contributed by atoms with Crippen molar-refractivity contribution in [2.45, 2.75) is 64.8 Å². The summed E-state index contributed by atoms with van der Waals surface area (Å²) in [5.74, 6) is 0. The van der Waals surface area contributed by atoms with Crippen molar-refractivity contribution in [1.29, 1.82) is 5.26 Å². The predicted octanol–water partition coefficient (Wildman–Crippen LogP) is 4.79. The van der Waals surface area contributed by atoms with Crippen LogP contribution in [0.15, 0.2) is 24.3 Å². The molecule has 110 valence electrons. The monoisotopic (exact) mass is 272 g/mol. The third-order valence-electron chi connectivity index (χ3n) is 3.66. The molecule has 1 aromatic rings. The molecule has 0 atom stereocenters. The maximum absolute atomic E-state index is 9.00. The maximum Gasteiger partial charge on any atom is 0.0995 e. The fourth-order valence-electron chi connectivity index (χ4n) is 2.39. The molecule has 0 fully saturated rings. The van der Waals surface area contributed by atoms with Crippen LogP contribution in [-0.2, 0) is 6.54 Å². The minimum Gasteiger partial charge on any atom is -0.313 e. The molecular weight excluding hydrogens is 244 g/mol. The lowest BCUT2D eigenvalue weighted by Crippen LogP contribution is -2.15. The summed E-state index contributed by atoms with van der Waals surface area (Å²) in [6.45, 7) is 4.12. The zero-order chi connectivity index (χ0) is 14.5. The molecule has 0 spiro atoms. The van der Waals surface area contributed by atoms with Gasteiger partial charge in [0.15, 0.2) is 0 Å². The first-order valence-electron chi connectivity index (χ1n) is 8.07. The molecule has 0 saturated heterocycles. The van der Waals surface area contributed by atoms with Gasteiger partial charge in [-0.2, -0.15) is 5.26 Å². The highest BCUT2D eigenvalue weighted by Gasteiger charge is 1.99. The molecule has 2 nitrogen and oxygen atoms in total. The van der Waals surface area contributed by atoms with E-state index in [1.807, 2.05) is 24.3 Å². The van der Waals surface area contributed by atoms with E-state index < -0.39 is 0 Å². The van der Waals surface area contributed by atoms with E-state index in [0.29, 0.717) is 0 Å². The zero-order valence-electron chi connectivity index (χ0n) is 12.8. The normalized spacial score (nSPS) is 10.4. The van der Waals surface area contributed by atoms with Crippen LogP contribution in [-0.4, -0.2) is 6.54 Å². The molecule has 0 aliphatic rings. The van der Waals surface area contributed by atoms with Crippen molar-refractivity contribution < 1.29 is 0 Å². The second-order valence-corrected chi connectivity index (χ2v) is 5.42. The molecule has 0 amide bonds. The van der Waals surface area contributed by atoms with E-state index in [1.165, 1.54) is 51.4 Å². The van der Waals surface area contributed by atoms with Crippen LogP contribution in [0.3, 0.4) is 0 Å². The highest BCUT2D eigenvalue weighted by molar-refractivity contribution is 5.37. The van der Waals surface area contributed by atoms with Crippen molar-refractivity contribution >= 4 is 0 Å². The van der Waals surface area contributed by atoms with Gasteiger partial charge in [-0.05, 0) is 24.6 Å². The number of nitriles is 1. The van der Waals surface area contributed by atoms with Gasteiger partial charge in [0, 0.05) is 6.54 Å². The van der Waals surface area contributed by atoms with E-state index in [0.717, 1.165) is 24.2 Å². The Kier molecular flexibility index (Phi) is 9.61. The Labute approximate surface area is 124 Å². The van der Waals surface area contributed by atoms with Crippen LogP contribution in [0.5, 0.6) is 0 Å². The van der Waals surface area contributed by atoms with Crippen LogP contribution >= 0.6 is 0 Å². The van der Waals surface area contributed by atoms with Gasteiger partial charge >= 0.3 is 0 Å². The summed E-state index contributed by atoms with van der Waals surface area (Å²) in [7, 11) is 0. The summed E-state index contributed by atoms with van der Waals surface area (Å²) >= 11 is 0. The summed E-state index contributed by atoms with van der Waals surface area (Å²) in [5.41, 5.74) is 1.89. The number of rotatable bonds is 11. The molecule has 0 bridgehead atoms. The van der Waals surface area contributed by atoms with Crippen molar-refractivity contribution in [1.82, 2.24) is 5.32 Å². The van der Waals surface area contributed by atoms with Gasteiger partial charge in [-0.3, -0.25) is 0 Å².